The number of hydrogen-bond donors (Lipinski definition) is 2. The number of rotatable bonds is 5. The fourth-order valence-electron chi connectivity index (χ4n) is 2.52. The van der Waals surface area contributed by atoms with Crippen molar-refractivity contribution in [3.05, 3.63) is 0 Å². The van der Waals surface area contributed by atoms with Gasteiger partial charge in [0.1, 0.15) is 0 Å². The van der Waals surface area contributed by atoms with E-state index >= 15 is 0 Å². The summed E-state index contributed by atoms with van der Waals surface area (Å²) < 4.78 is 0. The second kappa shape index (κ2) is 5.69. The number of nitrogens with zero attached hydrogens (tertiary/aromatic N) is 1. The molecule has 1 aliphatic heterocycles. The maximum absolute atomic E-state index is 12.1. The van der Waals surface area contributed by atoms with Crippen LogP contribution in [0.4, 0.5) is 0 Å². The molecule has 1 heterocycles. The molecule has 104 valence electrons. The summed E-state index contributed by atoms with van der Waals surface area (Å²) in [4.78, 5) is 25.1. The number of likely N-dealkylation sites (tertiary alicyclic amines) is 1. The normalized spacial score (nSPS) is 25.5. The molecule has 18 heavy (non-hydrogen) atoms. The molecule has 0 aromatic rings. The Kier molecular flexibility index (Phi) is 4.73. The van der Waals surface area contributed by atoms with E-state index in [0.29, 0.717) is 25.9 Å². The molecule has 3 N–H and O–H groups in total. The average molecular weight is 256 g/mol. The molecule has 1 aliphatic rings. The Labute approximate surface area is 108 Å². The van der Waals surface area contributed by atoms with E-state index in [1.54, 1.807) is 4.90 Å². The first-order valence-electron chi connectivity index (χ1n) is 6.62. The third-order valence-electron chi connectivity index (χ3n) is 3.85. The first-order chi connectivity index (χ1) is 8.34. The summed E-state index contributed by atoms with van der Waals surface area (Å²) in [6.45, 7) is 6.57. The monoisotopic (exact) mass is 256 g/mol. The highest BCUT2D eigenvalue weighted by Crippen LogP contribution is 2.35. The summed E-state index contributed by atoms with van der Waals surface area (Å²) in [7, 11) is 0. The molecule has 0 bridgehead atoms. The van der Waals surface area contributed by atoms with E-state index in [0.717, 1.165) is 6.42 Å². The van der Waals surface area contributed by atoms with Crippen LogP contribution in [0.15, 0.2) is 0 Å². The maximum atomic E-state index is 12.1. The van der Waals surface area contributed by atoms with Crippen LogP contribution in [-0.2, 0) is 9.59 Å². The van der Waals surface area contributed by atoms with Crippen molar-refractivity contribution in [2.75, 3.05) is 13.1 Å². The molecule has 0 aliphatic carbocycles. The van der Waals surface area contributed by atoms with Gasteiger partial charge >= 0.3 is 5.97 Å². The Bertz CT molecular complexity index is 330. The van der Waals surface area contributed by atoms with Gasteiger partial charge in [-0.3, -0.25) is 9.59 Å². The summed E-state index contributed by atoms with van der Waals surface area (Å²) in [5.74, 6) is -0.842. The van der Waals surface area contributed by atoms with Crippen LogP contribution in [0.25, 0.3) is 0 Å². The SMILES string of the molecule is CCCC1(C(=O)O)CCN(C(=O)C(N)C(C)C)C1. The fourth-order valence-corrected chi connectivity index (χ4v) is 2.52. The molecule has 5 heteroatoms. The van der Waals surface area contributed by atoms with E-state index in [-0.39, 0.29) is 11.8 Å². The summed E-state index contributed by atoms with van der Waals surface area (Å²) >= 11 is 0. The van der Waals surface area contributed by atoms with E-state index in [2.05, 4.69) is 0 Å². The Hall–Kier alpha value is -1.10. The van der Waals surface area contributed by atoms with Crippen molar-refractivity contribution in [1.29, 1.82) is 0 Å². The number of nitrogens with two attached hydrogens (primary N) is 1. The first-order valence-corrected chi connectivity index (χ1v) is 6.62. The first kappa shape index (κ1) is 15.0. The van der Waals surface area contributed by atoms with Crippen molar-refractivity contribution in [2.24, 2.45) is 17.1 Å². The molecule has 0 aromatic carbocycles. The van der Waals surface area contributed by atoms with Crippen molar-refractivity contribution in [3.63, 3.8) is 0 Å². The fraction of sp³-hybridized carbons (Fsp3) is 0.846. The minimum atomic E-state index is -0.794. The van der Waals surface area contributed by atoms with Gasteiger partial charge in [0.15, 0.2) is 0 Å². The lowest BCUT2D eigenvalue weighted by Gasteiger charge is -2.26. The van der Waals surface area contributed by atoms with Gasteiger partial charge in [0.2, 0.25) is 5.91 Å². The smallest absolute Gasteiger partial charge is 0.311 e. The van der Waals surface area contributed by atoms with Crippen molar-refractivity contribution in [1.82, 2.24) is 4.90 Å². The van der Waals surface area contributed by atoms with Crippen LogP contribution >= 0.6 is 0 Å². The highest BCUT2D eigenvalue weighted by atomic mass is 16.4. The third kappa shape index (κ3) is 2.83. The molecule has 1 rings (SSSR count). The van der Waals surface area contributed by atoms with Crippen LogP contribution in [0, 0.1) is 11.3 Å². The zero-order chi connectivity index (χ0) is 13.9. The lowest BCUT2D eigenvalue weighted by Crippen LogP contribution is -2.47. The third-order valence-corrected chi connectivity index (χ3v) is 3.85. The van der Waals surface area contributed by atoms with Gasteiger partial charge in [-0.05, 0) is 18.8 Å². The van der Waals surface area contributed by atoms with Crippen molar-refractivity contribution in [3.8, 4) is 0 Å². The molecule has 0 aromatic heterocycles. The van der Waals surface area contributed by atoms with Gasteiger partial charge < -0.3 is 15.7 Å². The molecule has 0 radical (unpaired) electrons. The summed E-state index contributed by atoms with van der Waals surface area (Å²) in [6.07, 6.45) is 1.96. The molecule has 2 atom stereocenters. The van der Waals surface area contributed by atoms with Gasteiger partial charge in [0, 0.05) is 13.1 Å². The second-order valence-electron chi connectivity index (χ2n) is 5.62. The maximum Gasteiger partial charge on any atom is 0.311 e. The number of amides is 1. The van der Waals surface area contributed by atoms with Gasteiger partial charge in [-0.1, -0.05) is 27.2 Å². The average Bonchev–Trinajstić information content (AvgIpc) is 2.73. The van der Waals surface area contributed by atoms with E-state index in [1.807, 2.05) is 20.8 Å². The van der Waals surface area contributed by atoms with Crippen molar-refractivity contribution >= 4 is 11.9 Å². The molecular weight excluding hydrogens is 232 g/mol. The number of carbonyl (C=O) groups is 2. The number of carbonyl (C=O) groups excluding carboxylic acids is 1. The van der Waals surface area contributed by atoms with Crippen LogP contribution < -0.4 is 5.73 Å². The zero-order valence-electron chi connectivity index (χ0n) is 11.5. The summed E-state index contributed by atoms with van der Waals surface area (Å²) in [6, 6.07) is -0.531. The molecule has 1 amide bonds. The number of carboxylic acids is 1. The van der Waals surface area contributed by atoms with Crippen LogP contribution in [-0.4, -0.2) is 41.0 Å². The van der Waals surface area contributed by atoms with Gasteiger partial charge in [-0.15, -0.1) is 0 Å². The van der Waals surface area contributed by atoms with Gasteiger partial charge in [0.25, 0.3) is 0 Å². The summed E-state index contributed by atoms with van der Waals surface area (Å²) in [5, 5.41) is 9.37. The molecule has 1 fully saturated rings. The number of hydrogen-bond acceptors (Lipinski definition) is 3. The number of aliphatic carboxylic acids is 1. The Morgan fingerprint density at radius 3 is 2.50 bits per heavy atom. The highest BCUT2D eigenvalue weighted by molar-refractivity contribution is 5.84. The van der Waals surface area contributed by atoms with Gasteiger partial charge in [-0.2, -0.15) is 0 Å². The van der Waals surface area contributed by atoms with Gasteiger partial charge in [-0.25, -0.2) is 0 Å². The quantitative estimate of drug-likeness (QED) is 0.770. The zero-order valence-corrected chi connectivity index (χ0v) is 11.5. The molecule has 1 saturated heterocycles. The predicted octanol–water partition coefficient (Wildman–Crippen LogP) is 1.07. The van der Waals surface area contributed by atoms with Crippen LogP contribution in [0.5, 0.6) is 0 Å². The molecule has 0 spiro atoms. The van der Waals surface area contributed by atoms with Crippen LogP contribution in [0.3, 0.4) is 0 Å². The van der Waals surface area contributed by atoms with E-state index in [1.165, 1.54) is 0 Å². The van der Waals surface area contributed by atoms with Crippen molar-refractivity contribution in [2.45, 2.75) is 46.1 Å². The predicted molar refractivity (Wildman–Crippen MR) is 69.0 cm³/mol. The minimum Gasteiger partial charge on any atom is -0.481 e. The Morgan fingerprint density at radius 1 is 1.44 bits per heavy atom. The summed E-state index contributed by atoms with van der Waals surface area (Å²) in [5.41, 5.74) is 5.08. The Balaban J connectivity index is 2.75. The van der Waals surface area contributed by atoms with E-state index in [9.17, 15) is 14.7 Å². The van der Waals surface area contributed by atoms with Crippen LogP contribution in [0.2, 0.25) is 0 Å². The van der Waals surface area contributed by atoms with E-state index in [4.69, 9.17) is 5.73 Å². The molecular formula is C13H24N2O3. The lowest BCUT2D eigenvalue weighted by molar-refractivity contribution is -0.149. The van der Waals surface area contributed by atoms with E-state index < -0.39 is 17.4 Å². The molecule has 2 unspecified atom stereocenters. The minimum absolute atomic E-state index is 0.0727. The highest BCUT2D eigenvalue weighted by Gasteiger charge is 2.46. The Morgan fingerprint density at radius 2 is 2.06 bits per heavy atom. The molecule has 0 saturated carbocycles. The van der Waals surface area contributed by atoms with Gasteiger partial charge in [0.05, 0.1) is 11.5 Å². The second-order valence-corrected chi connectivity index (χ2v) is 5.62. The standard InChI is InChI=1S/C13H24N2O3/c1-4-5-13(12(17)18)6-7-15(8-13)11(16)10(14)9(2)3/h9-10H,4-8,14H2,1-3H3,(H,17,18). The lowest BCUT2D eigenvalue weighted by atomic mass is 9.83. The topological polar surface area (TPSA) is 83.6 Å². The van der Waals surface area contributed by atoms with Crippen molar-refractivity contribution < 1.29 is 14.7 Å². The largest absolute Gasteiger partial charge is 0.481 e. The van der Waals surface area contributed by atoms with Crippen LogP contribution in [0.1, 0.15) is 40.0 Å². The number of carboxylic acid groups (broad SMARTS) is 1. The molecule has 5 nitrogen and oxygen atoms in total.